The molecule has 1 aromatic rings. The third-order valence-electron chi connectivity index (χ3n) is 3.28. The zero-order chi connectivity index (χ0) is 14.0. The van der Waals surface area contributed by atoms with E-state index in [1.807, 2.05) is 51.1 Å². The van der Waals surface area contributed by atoms with E-state index in [4.69, 9.17) is 0 Å². The first-order chi connectivity index (χ1) is 8.88. The minimum absolute atomic E-state index is 0.00375. The quantitative estimate of drug-likeness (QED) is 0.877. The second kappa shape index (κ2) is 5.03. The molecule has 0 aliphatic carbocycles. The molecule has 0 spiro atoms. The van der Waals surface area contributed by atoms with Gasteiger partial charge in [-0.1, -0.05) is 51.1 Å². The van der Waals surface area contributed by atoms with E-state index in [1.165, 1.54) is 0 Å². The number of carbonyl (C=O) groups excluding carboxylic acids is 2. The van der Waals surface area contributed by atoms with Gasteiger partial charge in [0.25, 0.3) is 0 Å². The Morgan fingerprint density at radius 2 is 1.84 bits per heavy atom. The van der Waals surface area contributed by atoms with Crippen molar-refractivity contribution in [1.82, 2.24) is 10.2 Å². The standard InChI is InChI=1S/C15H20N2O2/c1-15(2,3)13-14(19)17(10-12(18)16-13)9-11-7-5-4-6-8-11/h4-8,13H,9-10H2,1-3H3,(H,16,18)/t13-/m1/s1. The first kappa shape index (κ1) is 13.6. The summed E-state index contributed by atoms with van der Waals surface area (Å²) in [5.41, 5.74) is 0.764. The number of carbonyl (C=O) groups is 2. The molecule has 1 heterocycles. The lowest BCUT2D eigenvalue weighted by atomic mass is 9.84. The van der Waals surface area contributed by atoms with Gasteiger partial charge in [0.1, 0.15) is 6.04 Å². The Balaban J connectivity index is 2.16. The average Bonchev–Trinajstić information content (AvgIpc) is 2.33. The van der Waals surface area contributed by atoms with Crippen LogP contribution in [0.2, 0.25) is 0 Å². The van der Waals surface area contributed by atoms with Crippen LogP contribution in [0.5, 0.6) is 0 Å². The number of rotatable bonds is 2. The molecular weight excluding hydrogens is 240 g/mol. The first-order valence-electron chi connectivity index (χ1n) is 6.50. The Morgan fingerprint density at radius 3 is 2.42 bits per heavy atom. The molecule has 1 aliphatic heterocycles. The van der Waals surface area contributed by atoms with E-state index < -0.39 is 6.04 Å². The highest BCUT2D eigenvalue weighted by molar-refractivity contribution is 5.95. The molecular formula is C15H20N2O2. The summed E-state index contributed by atoms with van der Waals surface area (Å²) in [5.74, 6) is -0.0913. The van der Waals surface area contributed by atoms with Gasteiger partial charge in [-0.2, -0.15) is 0 Å². The van der Waals surface area contributed by atoms with Crippen LogP contribution in [0.15, 0.2) is 30.3 Å². The largest absolute Gasteiger partial charge is 0.342 e. The summed E-state index contributed by atoms with van der Waals surface area (Å²) in [6, 6.07) is 9.29. The van der Waals surface area contributed by atoms with E-state index in [0.29, 0.717) is 6.54 Å². The van der Waals surface area contributed by atoms with Gasteiger partial charge in [0.15, 0.2) is 0 Å². The number of piperazine rings is 1. The summed E-state index contributed by atoms with van der Waals surface area (Å²) in [6.07, 6.45) is 0. The fourth-order valence-corrected chi connectivity index (χ4v) is 2.23. The van der Waals surface area contributed by atoms with E-state index >= 15 is 0 Å². The summed E-state index contributed by atoms with van der Waals surface area (Å²) in [5, 5.41) is 2.79. The van der Waals surface area contributed by atoms with E-state index in [1.54, 1.807) is 4.90 Å². The van der Waals surface area contributed by atoms with Crippen LogP contribution in [0.25, 0.3) is 0 Å². The molecule has 0 aromatic heterocycles. The van der Waals surface area contributed by atoms with Crippen molar-refractivity contribution in [3.05, 3.63) is 35.9 Å². The minimum Gasteiger partial charge on any atom is -0.342 e. The second-order valence-corrected chi connectivity index (χ2v) is 6.05. The lowest BCUT2D eigenvalue weighted by molar-refractivity contribution is -0.147. The van der Waals surface area contributed by atoms with E-state index in [0.717, 1.165) is 5.56 Å². The minimum atomic E-state index is -0.447. The highest BCUT2D eigenvalue weighted by Crippen LogP contribution is 2.23. The number of nitrogens with zero attached hydrogens (tertiary/aromatic N) is 1. The lowest BCUT2D eigenvalue weighted by Gasteiger charge is -2.38. The molecule has 102 valence electrons. The number of benzene rings is 1. The van der Waals surface area contributed by atoms with Crippen LogP contribution >= 0.6 is 0 Å². The molecule has 1 aliphatic rings. The molecule has 4 nitrogen and oxygen atoms in total. The molecule has 4 heteroatoms. The zero-order valence-corrected chi connectivity index (χ0v) is 11.6. The monoisotopic (exact) mass is 260 g/mol. The summed E-state index contributed by atoms with van der Waals surface area (Å²) >= 11 is 0. The summed E-state index contributed by atoms with van der Waals surface area (Å²) in [7, 11) is 0. The lowest BCUT2D eigenvalue weighted by Crippen LogP contribution is -2.61. The Kier molecular flexibility index (Phi) is 3.60. The van der Waals surface area contributed by atoms with E-state index in [-0.39, 0.29) is 23.8 Å². The molecule has 1 N–H and O–H groups in total. The fraction of sp³-hybridized carbons (Fsp3) is 0.467. The predicted octanol–water partition coefficient (Wildman–Crippen LogP) is 1.56. The maximum absolute atomic E-state index is 12.4. The first-order valence-corrected chi connectivity index (χ1v) is 6.50. The summed E-state index contributed by atoms with van der Waals surface area (Å²) in [6.45, 7) is 6.51. The number of hydrogen-bond donors (Lipinski definition) is 1. The van der Waals surface area contributed by atoms with E-state index in [9.17, 15) is 9.59 Å². The third-order valence-corrected chi connectivity index (χ3v) is 3.28. The van der Waals surface area contributed by atoms with Crippen LogP contribution in [0, 0.1) is 5.41 Å². The molecule has 2 rings (SSSR count). The van der Waals surface area contributed by atoms with Crippen molar-refractivity contribution in [2.75, 3.05) is 6.54 Å². The zero-order valence-electron chi connectivity index (χ0n) is 11.6. The van der Waals surface area contributed by atoms with Gasteiger partial charge in [-0.3, -0.25) is 9.59 Å². The molecule has 1 fully saturated rings. The topological polar surface area (TPSA) is 49.4 Å². The van der Waals surface area contributed by atoms with E-state index in [2.05, 4.69) is 5.32 Å². The van der Waals surface area contributed by atoms with Gasteiger partial charge < -0.3 is 10.2 Å². The highest BCUT2D eigenvalue weighted by Gasteiger charge is 2.39. The van der Waals surface area contributed by atoms with Crippen LogP contribution < -0.4 is 5.32 Å². The van der Waals surface area contributed by atoms with Gasteiger partial charge in [0, 0.05) is 6.54 Å². The van der Waals surface area contributed by atoms with Crippen molar-refractivity contribution >= 4 is 11.8 Å². The SMILES string of the molecule is CC(C)(C)[C@@H]1NC(=O)CN(Cc2ccccc2)C1=O. The van der Waals surface area contributed by atoms with Gasteiger partial charge in [0.05, 0.1) is 6.54 Å². The molecule has 1 atom stereocenters. The molecule has 2 amide bonds. The maximum atomic E-state index is 12.4. The van der Waals surface area contributed by atoms with Gasteiger partial charge >= 0.3 is 0 Å². The van der Waals surface area contributed by atoms with Crippen molar-refractivity contribution in [1.29, 1.82) is 0 Å². The second-order valence-electron chi connectivity index (χ2n) is 6.05. The molecule has 0 saturated carbocycles. The molecule has 1 aromatic carbocycles. The molecule has 19 heavy (non-hydrogen) atoms. The maximum Gasteiger partial charge on any atom is 0.246 e. The third kappa shape index (κ3) is 3.13. The van der Waals surface area contributed by atoms with Gasteiger partial charge in [-0.15, -0.1) is 0 Å². The molecule has 0 unspecified atom stereocenters. The van der Waals surface area contributed by atoms with Crippen molar-refractivity contribution in [2.24, 2.45) is 5.41 Å². The predicted molar refractivity (Wildman–Crippen MR) is 73.2 cm³/mol. The summed E-state index contributed by atoms with van der Waals surface area (Å²) < 4.78 is 0. The smallest absolute Gasteiger partial charge is 0.246 e. The molecule has 0 bridgehead atoms. The van der Waals surface area contributed by atoms with Crippen LogP contribution in [-0.4, -0.2) is 29.3 Å². The van der Waals surface area contributed by atoms with Crippen molar-refractivity contribution in [3.8, 4) is 0 Å². The van der Waals surface area contributed by atoms with Gasteiger partial charge in [0.2, 0.25) is 11.8 Å². The Labute approximate surface area is 113 Å². The van der Waals surface area contributed by atoms with Gasteiger partial charge in [-0.05, 0) is 11.0 Å². The van der Waals surface area contributed by atoms with Crippen LogP contribution in [0.3, 0.4) is 0 Å². The highest BCUT2D eigenvalue weighted by atomic mass is 16.2. The summed E-state index contributed by atoms with van der Waals surface area (Å²) in [4.78, 5) is 25.8. The number of nitrogens with one attached hydrogen (secondary N) is 1. The Bertz CT molecular complexity index is 477. The normalized spacial score (nSPS) is 20.4. The molecule has 0 radical (unpaired) electrons. The molecule has 1 saturated heterocycles. The van der Waals surface area contributed by atoms with Crippen LogP contribution in [0.1, 0.15) is 26.3 Å². The Hall–Kier alpha value is -1.84. The fourth-order valence-electron chi connectivity index (χ4n) is 2.23. The van der Waals surface area contributed by atoms with Gasteiger partial charge in [-0.25, -0.2) is 0 Å². The number of hydrogen-bond acceptors (Lipinski definition) is 2. The van der Waals surface area contributed by atoms with Crippen molar-refractivity contribution < 1.29 is 9.59 Å². The van der Waals surface area contributed by atoms with Crippen molar-refractivity contribution in [2.45, 2.75) is 33.4 Å². The average molecular weight is 260 g/mol. The number of amides is 2. The van der Waals surface area contributed by atoms with Crippen molar-refractivity contribution in [3.63, 3.8) is 0 Å². The Morgan fingerprint density at radius 1 is 1.21 bits per heavy atom. The van der Waals surface area contributed by atoms with Crippen LogP contribution in [0.4, 0.5) is 0 Å². The van der Waals surface area contributed by atoms with Crippen LogP contribution in [-0.2, 0) is 16.1 Å².